The number of hydrogen-bond donors (Lipinski definition) is 3. The third-order valence-corrected chi connectivity index (χ3v) is 9.37. The monoisotopic (exact) mass is 485 g/mol. The summed E-state index contributed by atoms with van der Waals surface area (Å²) in [5.74, 6) is -0.637. The predicted molar refractivity (Wildman–Crippen MR) is 120 cm³/mol. The van der Waals surface area contributed by atoms with Crippen LogP contribution >= 0.6 is 0 Å². The van der Waals surface area contributed by atoms with E-state index in [0.29, 0.717) is 25.8 Å². The maximum Gasteiger partial charge on any atom is 0.242 e. The number of sulfonamides is 1. The Balaban J connectivity index is 1.40. The summed E-state index contributed by atoms with van der Waals surface area (Å²) in [6.07, 6.45) is 3.08. The first kappa shape index (κ1) is 24.7. The molecule has 0 radical (unpaired) electrons. The molecule has 2 aliphatic rings. The van der Waals surface area contributed by atoms with E-state index in [4.69, 9.17) is 0 Å². The van der Waals surface area contributed by atoms with E-state index < -0.39 is 31.9 Å². The van der Waals surface area contributed by atoms with E-state index in [1.54, 1.807) is 37.3 Å². The van der Waals surface area contributed by atoms with Crippen LogP contribution in [0.25, 0.3) is 0 Å². The highest BCUT2D eigenvalue weighted by molar-refractivity contribution is 7.91. The van der Waals surface area contributed by atoms with Gasteiger partial charge in [0, 0.05) is 18.5 Å². The summed E-state index contributed by atoms with van der Waals surface area (Å²) in [4.78, 5) is 25.1. The Morgan fingerprint density at radius 1 is 1.06 bits per heavy atom. The molecular weight excluding hydrogens is 454 g/mol. The van der Waals surface area contributed by atoms with Gasteiger partial charge in [-0.05, 0) is 57.1 Å². The highest BCUT2D eigenvalue weighted by Gasteiger charge is 2.32. The summed E-state index contributed by atoms with van der Waals surface area (Å²) in [5, 5.41) is 5.42. The van der Waals surface area contributed by atoms with Crippen molar-refractivity contribution in [2.45, 2.75) is 56.0 Å². The van der Waals surface area contributed by atoms with Crippen LogP contribution in [-0.2, 0) is 29.4 Å². The van der Waals surface area contributed by atoms with E-state index in [9.17, 15) is 26.4 Å². The molecule has 0 aromatic heterocycles. The van der Waals surface area contributed by atoms with Gasteiger partial charge in [-0.25, -0.2) is 21.6 Å². The van der Waals surface area contributed by atoms with Crippen LogP contribution in [0.5, 0.6) is 0 Å². The lowest BCUT2D eigenvalue weighted by atomic mass is 9.81. The largest absolute Gasteiger partial charge is 0.351 e. The number of hydrogen-bond acceptors (Lipinski definition) is 6. The fourth-order valence-corrected chi connectivity index (χ4v) is 6.98. The van der Waals surface area contributed by atoms with Gasteiger partial charge in [0.2, 0.25) is 21.8 Å². The molecule has 2 amide bonds. The van der Waals surface area contributed by atoms with Gasteiger partial charge in [0.25, 0.3) is 0 Å². The molecule has 0 spiro atoms. The zero-order valence-corrected chi connectivity index (χ0v) is 19.8. The summed E-state index contributed by atoms with van der Waals surface area (Å²) < 4.78 is 50.4. The molecule has 0 unspecified atom stereocenters. The second-order valence-electron chi connectivity index (χ2n) is 8.72. The number of rotatable bonds is 8. The van der Waals surface area contributed by atoms with Gasteiger partial charge in [0.15, 0.2) is 9.84 Å². The smallest absolute Gasteiger partial charge is 0.242 e. The van der Waals surface area contributed by atoms with Crippen molar-refractivity contribution in [3.63, 3.8) is 0 Å². The topological polar surface area (TPSA) is 139 Å². The van der Waals surface area contributed by atoms with Crippen molar-refractivity contribution in [1.29, 1.82) is 0 Å². The SMILES string of the molecule is C[C@H](NC(=O)C1CCC(CNS(=O)(=O)c2ccccc2)CC1)C(=O)N[C@H]1CCS(=O)(=O)C1. The second-order valence-corrected chi connectivity index (χ2v) is 12.7. The Hall–Kier alpha value is -1.98. The summed E-state index contributed by atoms with van der Waals surface area (Å²) in [6, 6.07) is 7.06. The lowest BCUT2D eigenvalue weighted by Crippen LogP contribution is -2.50. The molecule has 1 saturated heterocycles. The van der Waals surface area contributed by atoms with E-state index in [1.807, 2.05) is 0 Å². The summed E-state index contributed by atoms with van der Waals surface area (Å²) in [6.45, 7) is 1.91. The fourth-order valence-electron chi connectivity index (χ4n) is 4.17. The maximum atomic E-state index is 12.6. The van der Waals surface area contributed by atoms with Crippen molar-refractivity contribution in [3.05, 3.63) is 30.3 Å². The summed E-state index contributed by atoms with van der Waals surface area (Å²) >= 11 is 0. The summed E-state index contributed by atoms with van der Waals surface area (Å²) in [7, 11) is -6.63. The third kappa shape index (κ3) is 6.76. The number of amides is 2. The van der Waals surface area contributed by atoms with Crippen molar-refractivity contribution in [1.82, 2.24) is 15.4 Å². The molecule has 2 atom stereocenters. The Morgan fingerprint density at radius 2 is 1.72 bits per heavy atom. The van der Waals surface area contributed by atoms with Gasteiger partial charge in [-0.15, -0.1) is 0 Å². The first-order valence-corrected chi connectivity index (χ1v) is 14.2. The van der Waals surface area contributed by atoms with Crippen molar-refractivity contribution in [3.8, 4) is 0 Å². The van der Waals surface area contributed by atoms with Crippen LogP contribution < -0.4 is 15.4 Å². The van der Waals surface area contributed by atoms with Gasteiger partial charge in [-0.1, -0.05) is 18.2 Å². The minimum absolute atomic E-state index is 0.0581. The zero-order valence-electron chi connectivity index (χ0n) is 18.1. The van der Waals surface area contributed by atoms with Crippen LogP contribution in [-0.4, -0.2) is 58.8 Å². The van der Waals surface area contributed by atoms with Gasteiger partial charge in [0.05, 0.1) is 16.4 Å². The van der Waals surface area contributed by atoms with E-state index in [2.05, 4.69) is 15.4 Å². The van der Waals surface area contributed by atoms with Crippen LogP contribution in [0.4, 0.5) is 0 Å². The standard InChI is InChI=1S/C21H31N3O6S2/c1-15(20(25)24-18-11-12-31(27,28)14-18)23-21(26)17-9-7-16(8-10-17)13-22-32(29,30)19-5-3-2-4-6-19/h2-6,15-18,22H,7-14H2,1H3,(H,23,26)(H,24,25)/t15-,16?,17?,18-/m0/s1. The zero-order chi connectivity index (χ0) is 23.4. The number of benzene rings is 1. The Morgan fingerprint density at radius 3 is 2.31 bits per heavy atom. The van der Waals surface area contributed by atoms with E-state index >= 15 is 0 Å². The molecule has 11 heteroatoms. The molecule has 1 saturated carbocycles. The Bertz CT molecular complexity index is 1020. The maximum absolute atomic E-state index is 12.6. The van der Waals surface area contributed by atoms with Crippen LogP contribution in [0.3, 0.4) is 0 Å². The lowest BCUT2D eigenvalue weighted by molar-refractivity contribution is -0.131. The molecule has 178 valence electrons. The average Bonchev–Trinajstić information content (AvgIpc) is 3.11. The average molecular weight is 486 g/mol. The fraction of sp³-hybridized carbons (Fsp3) is 0.619. The van der Waals surface area contributed by atoms with Crippen LogP contribution in [0.1, 0.15) is 39.0 Å². The highest BCUT2D eigenvalue weighted by atomic mass is 32.2. The molecule has 32 heavy (non-hydrogen) atoms. The molecule has 0 bridgehead atoms. The van der Waals surface area contributed by atoms with Crippen molar-refractivity contribution >= 4 is 31.7 Å². The van der Waals surface area contributed by atoms with E-state index in [1.165, 1.54) is 0 Å². The summed E-state index contributed by atoms with van der Waals surface area (Å²) in [5.41, 5.74) is 0. The molecule has 3 rings (SSSR count). The molecular formula is C21H31N3O6S2. The van der Waals surface area contributed by atoms with E-state index in [0.717, 1.165) is 12.8 Å². The third-order valence-electron chi connectivity index (χ3n) is 6.16. The highest BCUT2D eigenvalue weighted by Crippen LogP contribution is 2.29. The number of nitrogens with one attached hydrogen (secondary N) is 3. The Labute approximate surface area is 189 Å². The first-order chi connectivity index (χ1) is 15.1. The van der Waals surface area contributed by atoms with Gasteiger partial charge >= 0.3 is 0 Å². The number of sulfone groups is 1. The lowest BCUT2D eigenvalue weighted by Gasteiger charge is -2.28. The number of carbonyl (C=O) groups excluding carboxylic acids is 2. The molecule has 1 heterocycles. The minimum atomic E-state index is -3.54. The van der Waals surface area contributed by atoms with Crippen molar-refractivity contribution in [2.75, 3.05) is 18.1 Å². The molecule has 3 N–H and O–H groups in total. The van der Waals surface area contributed by atoms with Gasteiger partial charge < -0.3 is 10.6 Å². The second kappa shape index (κ2) is 10.3. The molecule has 1 aromatic carbocycles. The van der Waals surface area contributed by atoms with E-state index in [-0.39, 0.29) is 40.1 Å². The molecule has 9 nitrogen and oxygen atoms in total. The van der Waals surface area contributed by atoms with Crippen molar-refractivity contribution < 1.29 is 26.4 Å². The quantitative estimate of drug-likeness (QED) is 0.492. The van der Waals surface area contributed by atoms with Gasteiger partial charge in [-0.2, -0.15) is 0 Å². The van der Waals surface area contributed by atoms with Gasteiger partial charge in [-0.3, -0.25) is 9.59 Å². The molecule has 2 fully saturated rings. The van der Waals surface area contributed by atoms with Crippen LogP contribution in [0.15, 0.2) is 35.2 Å². The molecule has 1 aliphatic heterocycles. The van der Waals surface area contributed by atoms with Crippen molar-refractivity contribution in [2.24, 2.45) is 11.8 Å². The van der Waals surface area contributed by atoms with Crippen LogP contribution in [0, 0.1) is 11.8 Å². The first-order valence-electron chi connectivity index (χ1n) is 10.9. The molecule has 1 aromatic rings. The normalized spacial score (nSPS) is 26.2. The van der Waals surface area contributed by atoms with Gasteiger partial charge in [0.1, 0.15) is 6.04 Å². The Kier molecular flexibility index (Phi) is 7.94. The minimum Gasteiger partial charge on any atom is -0.351 e. The predicted octanol–water partition coefficient (Wildman–Crippen LogP) is 0.579. The molecule has 1 aliphatic carbocycles. The van der Waals surface area contributed by atoms with Crippen LogP contribution in [0.2, 0.25) is 0 Å². The number of carbonyl (C=O) groups is 2.